The zero-order valence-electron chi connectivity index (χ0n) is 8.64. The molecule has 0 unspecified atom stereocenters. The molecule has 16 heavy (non-hydrogen) atoms. The molecule has 84 valence electrons. The van der Waals surface area contributed by atoms with Gasteiger partial charge in [-0.2, -0.15) is 0 Å². The van der Waals surface area contributed by atoms with Crippen LogP contribution in [0.4, 0.5) is 10.5 Å². The smallest absolute Gasteiger partial charge is 0.411 e. The van der Waals surface area contributed by atoms with E-state index in [1.54, 1.807) is 24.3 Å². The molecule has 1 rings (SSSR count). The SMILES string of the molecule is COC(=O)Nc1cccc(C=CC(=O)O)c1. The van der Waals surface area contributed by atoms with E-state index in [2.05, 4.69) is 10.1 Å². The molecule has 0 heterocycles. The van der Waals surface area contributed by atoms with Crippen molar-refractivity contribution in [3.8, 4) is 0 Å². The summed E-state index contributed by atoms with van der Waals surface area (Å²) in [6.45, 7) is 0. The lowest BCUT2D eigenvalue weighted by Gasteiger charge is -2.03. The number of carbonyl (C=O) groups is 2. The van der Waals surface area contributed by atoms with Gasteiger partial charge in [0.25, 0.3) is 0 Å². The van der Waals surface area contributed by atoms with Gasteiger partial charge < -0.3 is 9.84 Å². The molecule has 0 saturated heterocycles. The van der Waals surface area contributed by atoms with Gasteiger partial charge in [0.1, 0.15) is 0 Å². The molecule has 0 aliphatic carbocycles. The third kappa shape index (κ3) is 3.83. The highest BCUT2D eigenvalue weighted by molar-refractivity contribution is 5.87. The normalized spacial score (nSPS) is 10.1. The first kappa shape index (κ1) is 11.8. The van der Waals surface area contributed by atoms with Crippen LogP contribution in [0.5, 0.6) is 0 Å². The van der Waals surface area contributed by atoms with Crippen molar-refractivity contribution in [3.05, 3.63) is 35.9 Å². The average Bonchev–Trinajstić information content (AvgIpc) is 2.26. The maximum Gasteiger partial charge on any atom is 0.411 e. The Morgan fingerprint density at radius 3 is 2.81 bits per heavy atom. The predicted octanol–water partition coefficient (Wildman–Crippen LogP) is 1.96. The average molecular weight is 221 g/mol. The summed E-state index contributed by atoms with van der Waals surface area (Å²) in [6.07, 6.45) is 1.89. The monoisotopic (exact) mass is 221 g/mol. The molecule has 5 heteroatoms. The van der Waals surface area contributed by atoms with Crippen LogP contribution in [0.2, 0.25) is 0 Å². The van der Waals surface area contributed by atoms with Gasteiger partial charge in [0, 0.05) is 11.8 Å². The first-order chi connectivity index (χ1) is 7.61. The van der Waals surface area contributed by atoms with Crippen LogP contribution in [0.15, 0.2) is 30.3 Å². The third-order valence-corrected chi connectivity index (χ3v) is 1.74. The number of hydrogen-bond acceptors (Lipinski definition) is 3. The lowest BCUT2D eigenvalue weighted by Crippen LogP contribution is -2.10. The fraction of sp³-hybridized carbons (Fsp3) is 0.0909. The summed E-state index contributed by atoms with van der Waals surface area (Å²) >= 11 is 0. The first-order valence-corrected chi connectivity index (χ1v) is 4.48. The summed E-state index contributed by atoms with van der Waals surface area (Å²) < 4.78 is 4.43. The van der Waals surface area contributed by atoms with E-state index < -0.39 is 12.1 Å². The van der Waals surface area contributed by atoms with Crippen LogP contribution in [0.25, 0.3) is 6.08 Å². The molecule has 0 saturated carbocycles. The summed E-state index contributed by atoms with van der Waals surface area (Å²) in [7, 11) is 1.27. The number of benzene rings is 1. The summed E-state index contributed by atoms with van der Waals surface area (Å²) in [4.78, 5) is 21.2. The molecule has 1 aromatic carbocycles. The van der Waals surface area contributed by atoms with Crippen LogP contribution >= 0.6 is 0 Å². The lowest BCUT2D eigenvalue weighted by atomic mass is 10.2. The summed E-state index contributed by atoms with van der Waals surface area (Å²) in [5.41, 5.74) is 1.22. The van der Waals surface area contributed by atoms with E-state index in [-0.39, 0.29) is 0 Å². The number of ether oxygens (including phenoxy) is 1. The maximum absolute atomic E-state index is 10.9. The topological polar surface area (TPSA) is 75.6 Å². The quantitative estimate of drug-likeness (QED) is 0.765. The van der Waals surface area contributed by atoms with E-state index in [0.717, 1.165) is 6.08 Å². The van der Waals surface area contributed by atoms with Gasteiger partial charge in [0.15, 0.2) is 0 Å². The number of methoxy groups -OCH3 is 1. The minimum absolute atomic E-state index is 0.541. The number of nitrogens with one attached hydrogen (secondary N) is 1. The van der Waals surface area contributed by atoms with Gasteiger partial charge >= 0.3 is 12.1 Å². The van der Waals surface area contributed by atoms with E-state index in [0.29, 0.717) is 11.3 Å². The Morgan fingerprint density at radius 1 is 1.44 bits per heavy atom. The van der Waals surface area contributed by atoms with Gasteiger partial charge in [-0.3, -0.25) is 5.32 Å². The summed E-state index contributed by atoms with van der Waals surface area (Å²) in [5.74, 6) is -1.02. The van der Waals surface area contributed by atoms with Crippen molar-refractivity contribution in [1.82, 2.24) is 0 Å². The molecule has 0 radical (unpaired) electrons. The van der Waals surface area contributed by atoms with Gasteiger partial charge in [0.2, 0.25) is 0 Å². The van der Waals surface area contributed by atoms with Crippen molar-refractivity contribution in [2.75, 3.05) is 12.4 Å². The fourth-order valence-corrected chi connectivity index (χ4v) is 1.06. The molecule has 0 aliphatic rings. The second-order valence-corrected chi connectivity index (χ2v) is 2.91. The van der Waals surface area contributed by atoms with Crippen molar-refractivity contribution in [2.24, 2.45) is 0 Å². The van der Waals surface area contributed by atoms with Gasteiger partial charge in [-0.15, -0.1) is 0 Å². The standard InChI is InChI=1S/C11H11NO4/c1-16-11(15)12-9-4-2-3-8(7-9)5-6-10(13)14/h2-7H,1H3,(H,12,15)(H,13,14). The zero-order valence-corrected chi connectivity index (χ0v) is 8.64. The van der Waals surface area contributed by atoms with Crippen molar-refractivity contribution < 1.29 is 19.4 Å². The highest BCUT2D eigenvalue weighted by Gasteiger charge is 2.00. The molecule has 0 fully saturated rings. The summed E-state index contributed by atoms with van der Waals surface area (Å²) in [5, 5.41) is 10.9. The Labute approximate surface area is 92.3 Å². The van der Waals surface area contributed by atoms with Crippen LogP contribution in [0.1, 0.15) is 5.56 Å². The fourth-order valence-electron chi connectivity index (χ4n) is 1.06. The van der Waals surface area contributed by atoms with E-state index in [1.165, 1.54) is 13.2 Å². The second-order valence-electron chi connectivity index (χ2n) is 2.91. The van der Waals surface area contributed by atoms with Crippen molar-refractivity contribution >= 4 is 23.8 Å². The maximum atomic E-state index is 10.9. The number of aliphatic carboxylic acids is 1. The van der Waals surface area contributed by atoms with E-state index in [1.807, 2.05) is 0 Å². The van der Waals surface area contributed by atoms with Gasteiger partial charge in [0.05, 0.1) is 7.11 Å². The number of carboxylic acids is 1. The zero-order chi connectivity index (χ0) is 12.0. The molecule has 0 aliphatic heterocycles. The summed E-state index contributed by atoms with van der Waals surface area (Å²) in [6, 6.07) is 6.74. The van der Waals surface area contributed by atoms with Crippen LogP contribution < -0.4 is 5.32 Å². The highest BCUT2D eigenvalue weighted by atomic mass is 16.5. The Morgan fingerprint density at radius 2 is 2.19 bits per heavy atom. The lowest BCUT2D eigenvalue weighted by molar-refractivity contribution is -0.131. The van der Waals surface area contributed by atoms with Crippen molar-refractivity contribution in [2.45, 2.75) is 0 Å². The van der Waals surface area contributed by atoms with Crippen molar-refractivity contribution in [1.29, 1.82) is 0 Å². The van der Waals surface area contributed by atoms with Gasteiger partial charge in [-0.25, -0.2) is 9.59 Å². The Hall–Kier alpha value is -2.30. The largest absolute Gasteiger partial charge is 0.478 e. The number of carbonyl (C=O) groups excluding carboxylic acids is 1. The highest BCUT2D eigenvalue weighted by Crippen LogP contribution is 2.12. The van der Waals surface area contributed by atoms with Crippen LogP contribution in [0, 0.1) is 0 Å². The molecule has 0 bridgehead atoms. The molecule has 0 aromatic heterocycles. The van der Waals surface area contributed by atoms with Crippen molar-refractivity contribution in [3.63, 3.8) is 0 Å². The molecule has 1 amide bonds. The van der Waals surface area contributed by atoms with E-state index in [9.17, 15) is 9.59 Å². The number of hydrogen-bond donors (Lipinski definition) is 2. The molecule has 0 spiro atoms. The van der Waals surface area contributed by atoms with Crippen LogP contribution in [-0.2, 0) is 9.53 Å². The Bertz CT molecular complexity index is 426. The third-order valence-electron chi connectivity index (χ3n) is 1.74. The van der Waals surface area contributed by atoms with Crippen LogP contribution in [-0.4, -0.2) is 24.3 Å². The number of carboxylic acid groups (broad SMARTS) is 1. The molecule has 1 aromatic rings. The molecular formula is C11H11NO4. The predicted molar refractivity (Wildman–Crippen MR) is 59.1 cm³/mol. The second kappa shape index (κ2) is 5.55. The molecule has 2 N–H and O–H groups in total. The number of rotatable bonds is 3. The minimum atomic E-state index is -1.02. The Balaban J connectivity index is 2.78. The van der Waals surface area contributed by atoms with Gasteiger partial charge in [-0.1, -0.05) is 12.1 Å². The molecule has 0 atom stereocenters. The molecule has 5 nitrogen and oxygen atoms in total. The molecular weight excluding hydrogens is 210 g/mol. The minimum Gasteiger partial charge on any atom is -0.478 e. The first-order valence-electron chi connectivity index (χ1n) is 4.48. The van der Waals surface area contributed by atoms with Crippen LogP contribution in [0.3, 0.4) is 0 Å². The number of anilines is 1. The number of amides is 1. The van der Waals surface area contributed by atoms with Gasteiger partial charge in [-0.05, 0) is 23.8 Å². The van der Waals surface area contributed by atoms with E-state index >= 15 is 0 Å². The van der Waals surface area contributed by atoms with E-state index in [4.69, 9.17) is 5.11 Å². The Kier molecular flexibility index (Phi) is 4.08.